The van der Waals surface area contributed by atoms with Gasteiger partial charge in [-0.15, -0.1) is 0 Å². The van der Waals surface area contributed by atoms with E-state index in [1.54, 1.807) is 36.4 Å². The van der Waals surface area contributed by atoms with Crippen LogP contribution in [0.25, 0.3) is 0 Å². The summed E-state index contributed by atoms with van der Waals surface area (Å²) in [7, 11) is 0. The molecule has 5 aliphatic rings. The molecule has 0 spiro atoms. The standard InChI is InChI=1S/C31H29N5O4/c37-28-16-15-20-7-9-21(10-8-20)17-33-30(39)26-5-2-6-27(36-26)31(40)34-19-23-13-11-22(12-14-23)18-32-29(38)25-4-1-3-24(28)35-25/h1-9,11-14,21H,10,15-19H2,(H,32,38)(H,33,39)(H,34,40). The Morgan fingerprint density at radius 3 is 1.70 bits per heavy atom. The van der Waals surface area contributed by atoms with Gasteiger partial charge in [0.2, 0.25) is 0 Å². The Hall–Kier alpha value is -4.92. The van der Waals surface area contributed by atoms with Gasteiger partial charge < -0.3 is 16.0 Å². The lowest BCUT2D eigenvalue weighted by Gasteiger charge is -2.17. The average Bonchev–Trinajstić information content (AvgIpc) is 3.00. The van der Waals surface area contributed by atoms with Gasteiger partial charge in [-0.3, -0.25) is 19.2 Å². The number of carbonyl (C=O) groups excluding carboxylic acids is 4. The van der Waals surface area contributed by atoms with Gasteiger partial charge in [-0.25, -0.2) is 9.97 Å². The van der Waals surface area contributed by atoms with Crippen molar-refractivity contribution in [1.29, 1.82) is 0 Å². The van der Waals surface area contributed by atoms with Crippen LogP contribution in [-0.2, 0) is 13.1 Å². The highest BCUT2D eigenvalue weighted by atomic mass is 16.2. The SMILES string of the molecule is O=C1CCC2=CCC(C=C2)CNC(=O)c2cccc(n2)C(=O)NCc2ccc(cc2)CNC(=O)c2cccc1n2. The minimum absolute atomic E-state index is 0.108. The zero-order valence-corrected chi connectivity index (χ0v) is 21.9. The van der Waals surface area contributed by atoms with Crippen LogP contribution in [0.1, 0.15) is 72.3 Å². The number of allylic oxidation sites excluding steroid dienone is 3. The summed E-state index contributed by atoms with van der Waals surface area (Å²) in [6.45, 7) is 0.980. The molecule has 2 aromatic heterocycles. The number of aromatic nitrogens is 2. The molecule has 40 heavy (non-hydrogen) atoms. The quantitative estimate of drug-likeness (QED) is 0.404. The molecule has 0 fully saturated rings. The number of amides is 3. The molecule has 3 aromatic rings. The monoisotopic (exact) mass is 535 g/mol. The van der Waals surface area contributed by atoms with Crippen molar-refractivity contribution in [3.63, 3.8) is 0 Å². The summed E-state index contributed by atoms with van der Waals surface area (Å²) in [4.78, 5) is 59.5. The van der Waals surface area contributed by atoms with Crippen LogP contribution in [0, 0.1) is 5.92 Å². The van der Waals surface area contributed by atoms with Gasteiger partial charge in [-0.05, 0) is 54.2 Å². The minimum atomic E-state index is -0.381. The van der Waals surface area contributed by atoms with Crippen LogP contribution in [0.2, 0.25) is 0 Å². The molecule has 9 nitrogen and oxygen atoms in total. The van der Waals surface area contributed by atoms with Crippen molar-refractivity contribution in [2.24, 2.45) is 5.92 Å². The Morgan fingerprint density at radius 2 is 1.15 bits per heavy atom. The number of nitrogens with one attached hydrogen (secondary N) is 3. The van der Waals surface area contributed by atoms with E-state index in [0.717, 1.165) is 23.1 Å². The minimum Gasteiger partial charge on any atom is -0.350 e. The fourth-order valence-corrected chi connectivity index (χ4v) is 4.47. The first kappa shape index (κ1) is 26.7. The zero-order valence-electron chi connectivity index (χ0n) is 21.9. The molecular formula is C31H29N5O4. The fraction of sp³-hybridized carbons (Fsp3) is 0.226. The van der Waals surface area contributed by atoms with Crippen molar-refractivity contribution >= 4 is 23.5 Å². The van der Waals surface area contributed by atoms with E-state index in [4.69, 9.17) is 0 Å². The van der Waals surface area contributed by atoms with Crippen LogP contribution in [0.15, 0.2) is 84.5 Å². The molecule has 8 rings (SSSR count). The van der Waals surface area contributed by atoms with Gasteiger partial charge in [0.15, 0.2) is 5.78 Å². The van der Waals surface area contributed by atoms with Crippen molar-refractivity contribution in [3.8, 4) is 0 Å². The van der Waals surface area contributed by atoms with Crippen LogP contribution >= 0.6 is 0 Å². The van der Waals surface area contributed by atoms with E-state index in [1.807, 2.05) is 36.4 Å². The maximum absolute atomic E-state index is 12.8. The molecule has 1 unspecified atom stereocenters. The number of carbonyl (C=O) groups is 4. The van der Waals surface area contributed by atoms with Gasteiger partial charge in [-0.2, -0.15) is 0 Å². The Kier molecular flexibility index (Phi) is 8.20. The first-order chi connectivity index (χ1) is 19.4. The molecule has 8 bridgehead atoms. The molecule has 1 aliphatic carbocycles. The lowest BCUT2D eigenvalue weighted by molar-refractivity contribution is 0.0929. The van der Waals surface area contributed by atoms with Crippen LogP contribution in [-0.4, -0.2) is 40.0 Å². The molecule has 1 aromatic carbocycles. The second-order valence-electron chi connectivity index (χ2n) is 9.77. The van der Waals surface area contributed by atoms with E-state index in [1.165, 1.54) is 0 Å². The fourth-order valence-electron chi connectivity index (χ4n) is 4.47. The van der Waals surface area contributed by atoms with Gasteiger partial charge in [0, 0.05) is 26.1 Å². The molecule has 0 saturated heterocycles. The third-order valence-corrected chi connectivity index (χ3v) is 6.84. The van der Waals surface area contributed by atoms with Crippen molar-refractivity contribution < 1.29 is 19.2 Å². The van der Waals surface area contributed by atoms with Gasteiger partial charge in [-0.1, -0.05) is 60.2 Å². The maximum atomic E-state index is 12.8. The summed E-state index contributed by atoms with van der Waals surface area (Å²) in [6, 6.07) is 17.1. The highest BCUT2D eigenvalue weighted by Crippen LogP contribution is 2.20. The predicted molar refractivity (Wildman–Crippen MR) is 148 cm³/mol. The van der Waals surface area contributed by atoms with Crippen molar-refractivity contribution in [3.05, 3.63) is 118 Å². The highest BCUT2D eigenvalue weighted by Gasteiger charge is 2.17. The van der Waals surface area contributed by atoms with E-state index >= 15 is 0 Å². The normalized spacial score (nSPS) is 18.5. The predicted octanol–water partition coefficient (Wildman–Crippen LogP) is 3.55. The number of pyridine rings is 2. The number of rotatable bonds is 0. The van der Waals surface area contributed by atoms with Gasteiger partial charge >= 0.3 is 0 Å². The number of Topliss-reactive ketones (excluding diaryl/α,β-unsaturated/α-hetero) is 1. The third kappa shape index (κ3) is 6.74. The highest BCUT2D eigenvalue weighted by molar-refractivity contribution is 5.97. The first-order valence-electron chi connectivity index (χ1n) is 13.2. The maximum Gasteiger partial charge on any atom is 0.270 e. The van der Waals surface area contributed by atoms with Gasteiger partial charge in [0.05, 0.1) is 0 Å². The van der Waals surface area contributed by atoms with Crippen LogP contribution < -0.4 is 16.0 Å². The molecular weight excluding hydrogens is 506 g/mol. The lowest BCUT2D eigenvalue weighted by Crippen LogP contribution is -2.30. The summed E-state index contributed by atoms with van der Waals surface area (Å²) in [6.07, 6.45) is 7.63. The number of ketones is 1. The summed E-state index contributed by atoms with van der Waals surface area (Å²) in [5, 5.41) is 8.56. The van der Waals surface area contributed by atoms with E-state index < -0.39 is 0 Å². The summed E-state index contributed by atoms with van der Waals surface area (Å²) in [5.41, 5.74) is 3.55. The van der Waals surface area contributed by atoms with Crippen molar-refractivity contribution in [2.75, 3.05) is 6.54 Å². The van der Waals surface area contributed by atoms with Crippen molar-refractivity contribution in [2.45, 2.75) is 32.4 Å². The largest absolute Gasteiger partial charge is 0.350 e. The molecule has 202 valence electrons. The van der Waals surface area contributed by atoms with Crippen LogP contribution in [0.5, 0.6) is 0 Å². The molecule has 3 amide bonds. The molecule has 9 heteroatoms. The topological polar surface area (TPSA) is 130 Å². The van der Waals surface area contributed by atoms with Crippen LogP contribution in [0.4, 0.5) is 0 Å². The number of hydrogen-bond acceptors (Lipinski definition) is 6. The van der Waals surface area contributed by atoms with Gasteiger partial charge in [0.1, 0.15) is 22.8 Å². The third-order valence-electron chi connectivity index (χ3n) is 6.84. The molecule has 1 atom stereocenters. The summed E-state index contributed by atoms with van der Waals surface area (Å²) >= 11 is 0. The molecule has 0 radical (unpaired) electrons. The number of nitrogens with zero attached hydrogens (tertiary/aromatic N) is 2. The second kappa shape index (κ2) is 12.3. The molecule has 4 aliphatic heterocycles. The zero-order chi connectivity index (χ0) is 27.9. The number of benzene rings is 1. The Morgan fingerprint density at radius 1 is 0.625 bits per heavy atom. The smallest absolute Gasteiger partial charge is 0.270 e. The van der Waals surface area contributed by atoms with E-state index in [2.05, 4.69) is 32.0 Å². The van der Waals surface area contributed by atoms with E-state index in [-0.39, 0.29) is 71.7 Å². The van der Waals surface area contributed by atoms with Gasteiger partial charge in [0.25, 0.3) is 17.7 Å². The average molecular weight is 536 g/mol. The Labute approximate surface area is 231 Å². The first-order valence-corrected chi connectivity index (χ1v) is 13.2. The van der Waals surface area contributed by atoms with Crippen molar-refractivity contribution in [1.82, 2.24) is 25.9 Å². The summed E-state index contributed by atoms with van der Waals surface area (Å²) < 4.78 is 0. The number of hydrogen-bond donors (Lipinski definition) is 3. The molecule has 6 heterocycles. The Bertz CT molecular complexity index is 1510. The lowest BCUT2D eigenvalue weighted by atomic mass is 9.93. The second-order valence-corrected chi connectivity index (χ2v) is 9.77. The van der Waals surface area contributed by atoms with E-state index in [0.29, 0.717) is 13.0 Å². The van der Waals surface area contributed by atoms with E-state index in [9.17, 15) is 19.2 Å². The Balaban J connectivity index is 1.34. The molecule has 3 N–H and O–H groups in total. The summed E-state index contributed by atoms with van der Waals surface area (Å²) in [5.74, 6) is -1.11. The van der Waals surface area contributed by atoms with Crippen LogP contribution in [0.3, 0.4) is 0 Å². The molecule has 0 saturated carbocycles.